The number of fused-ring (bicyclic) bond motifs is 1. The molecule has 0 radical (unpaired) electrons. The Bertz CT molecular complexity index is 827. The van der Waals surface area contributed by atoms with Gasteiger partial charge in [-0.3, -0.25) is 4.79 Å². The van der Waals surface area contributed by atoms with Gasteiger partial charge in [0.05, 0.1) is 18.8 Å². The van der Waals surface area contributed by atoms with Gasteiger partial charge in [0, 0.05) is 18.7 Å². The maximum absolute atomic E-state index is 13.0. The molecule has 27 heavy (non-hydrogen) atoms. The van der Waals surface area contributed by atoms with E-state index in [4.69, 9.17) is 9.47 Å². The molecule has 1 saturated heterocycles. The summed E-state index contributed by atoms with van der Waals surface area (Å²) in [6.07, 6.45) is 2.23. The van der Waals surface area contributed by atoms with Gasteiger partial charge in [0.2, 0.25) is 6.10 Å². The van der Waals surface area contributed by atoms with Crippen molar-refractivity contribution in [2.45, 2.75) is 25.4 Å². The Morgan fingerprint density at radius 3 is 2.48 bits per heavy atom. The van der Waals surface area contributed by atoms with Crippen molar-refractivity contribution in [2.75, 3.05) is 26.3 Å². The molecule has 0 aromatic heterocycles. The molecular weight excluding hydrogens is 342 g/mol. The lowest BCUT2D eigenvalue weighted by Gasteiger charge is -2.30. The van der Waals surface area contributed by atoms with Crippen LogP contribution in [0.4, 0.5) is 0 Å². The molecule has 4 rings (SSSR count). The monoisotopic (exact) mass is 365 g/mol. The number of carbonyl (C=O) groups is 2. The van der Waals surface area contributed by atoms with Crippen LogP contribution in [0.15, 0.2) is 48.5 Å². The number of amides is 1. The minimum Gasteiger partial charge on any atom is -0.444 e. The van der Waals surface area contributed by atoms with Crippen molar-refractivity contribution in [3.05, 3.63) is 70.8 Å². The fraction of sp³-hybridized carbons (Fsp3) is 0.364. The second-order valence-corrected chi connectivity index (χ2v) is 6.97. The first-order chi connectivity index (χ1) is 13.2. The number of ether oxygens (including phenoxy) is 2. The molecule has 5 nitrogen and oxygen atoms in total. The van der Waals surface area contributed by atoms with Crippen LogP contribution < -0.4 is 0 Å². The highest BCUT2D eigenvalue weighted by Gasteiger charge is 2.31. The zero-order valence-electron chi connectivity index (χ0n) is 15.2. The zero-order valence-corrected chi connectivity index (χ0v) is 15.2. The average Bonchev–Trinajstić information content (AvgIpc) is 3.20. The number of rotatable bonds is 4. The molecule has 1 aliphatic heterocycles. The molecule has 2 aliphatic rings. The third-order valence-electron chi connectivity index (χ3n) is 5.21. The number of carbonyl (C=O) groups excluding carboxylic acids is 2. The molecule has 2 aromatic rings. The van der Waals surface area contributed by atoms with E-state index in [0.717, 1.165) is 19.3 Å². The Morgan fingerprint density at radius 1 is 0.963 bits per heavy atom. The first-order valence-electron chi connectivity index (χ1n) is 9.46. The van der Waals surface area contributed by atoms with Gasteiger partial charge in [0.15, 0.2) is 0 Å². The molecule has 1 atom stereocenters. The van der Waals surface area contributed by atoms with Crippen LogP contribution in [0, 0.1) is 0 Å². The lowest BCUT2D eigenvalue weighted by molar-refractivity contribution is -0.145. The molecule has 1 fully saturated rings. The highest BCUT2D eigenvalue weighted by Crippen LogP contribution is 2.26. The summed E-state index contributed by atoms with van der Waals surface area (Å²) in [5.74, 6) is -0.654. The second-order valence-electron chi connectivity index (χ2n) is 6.97. The van der Waals surface area contributed by atoms with E-state index in [1.165, 1.54) is 11.1 Å². The van der Waals surface area contributed by atoms with Gasteiger partial charge in [-0.1, -0.05) is 36.4 Å². The van der Waals surface area contributed by atoms with Crippen molar-refractivity contribution < 1.29 is 19.1 Å². The largest absolute Gasteiger partial charge is 0.444 e. The van der Waals surface area contributed by atoms with E-state index in [9.17, 15) is 9.59 Å². The number of nitrogens with zero attached hydrogens (tertiary/aromatic N) is 1. The van der Waals surface area contributed by atoms with Gasteiger partial charge in [-0.05, 0) is 42.5 Å². The van der Waals surface area contributed by atoms with Crippen molar-refractivity contribution in [2.24, 2.45) is 0 Å². The van der Waals surface area contributed by atoms with Gasteiger partial charge in [0.1, 0.15) is 0 Å². The van der Waals surface area contributed by atoms with Crippen LogP contribution in [0.2, 0.25) is 0 Å². The Balaban J connectivity index is 1.57. The first kappa shape index (κ1) is 17.7. The molecule has 0 saturated carbocycles. The predicted octanol–water partition coefficient (Wildman–Crippen LogP) is 2.93. The topological polar surface area (TPSA) is 55.8 Å². The predicted molar refractivity (Wildman–Crippen MR) is 100 cm³/mol. The summed E-state index contributed by atoms with van der Waals surface area (Å²) in [7, 11) is 0. The van der Waals surface area contributed by atoms with E-state index in [2.05, 4.69) is 0 Å². The minimum absolute atomic E-state index is 0.195. The zero-order chi connectivity index (χ0) is 18.6. The highest BCUT2D eigenvalue weighted by molar-refractivity contribution is 5.93. The Kier molecular flexibility index (Phi) is 5.21. The van der Waals surface area contributed by atoms with Crippen LogP contribution in [0.5, 0.6) is 0 Å². The fourth-order valence-corrected chi connectivity index (χ4v) is 3.71. The van der Waals surface area contributed by atoms with Crippen molar-refractivity contribution in [1.29, 1.82) is 0 Å². The van der Waals surface area contributed by atoms with Crippen molar-refractivity contribution in [3.8, 4) is 0 Å². The molecule has 140 valence electrons. The number of hydrogen-bond acceptors (Lipinski definition) is 4. The van der Waals surface area contributed by atoms with Crippen LogP contribution >= 0.6 is 0 Å². The third-order valence-corrected chi connectivity index (χ3v) is 5.21. The summed E-state index contributed by atoms with van der Waals surface area (Å²) in [6.45, 7) is 2.04. The van der Waals surface area contributed by atoms with E-state index in [-0.39, 0.29) is 5.91 Å². The number of esters is 1. The van der Waals surface area contributed by atoms with Crippen LogP contribution in [0.1, 0.15) is 39.6 Å². The van der Waals surface area contributed by atoms with E-state index >= 15 is 0 Å². The minimum atomic E-state index is -0.940. The molecule has 0 spiro atoms. The highest BCUT2D eigenvalue weighted by atomic mass is 16.5. The van der Waals surface area contributed by atoms with Gasteiger partial charge in [-0.2, -0.15) is 0 Å². The Hall–Kier alpha value is -2.66. The van der Waals surface area contributed by atoms with Gasteiger partial charge in [0.25, 0.3) is 5.91 Å². The summed E-state index contributed by atoms with van der Waals surface area (Å²) in [4.78, 5) is 27.5. The summed E-state index contributed by atoms with van der Waals surface area (Å²) in [5.41, 5.74) is 3.70. The lowest BCUT2D eigenvalue weighted by atomic mass is 10.1. The summed E-state index contributed by atoms with van der Waals surface area (Å²) < 4.78 is 11.1. The van der Waals surface area contributed by atoms with E-state index < -0.39 is 12.1 Å². The number of morpholine rings is 1. The van der Waals surface area contributed by atoms with Crippen molar-refractivity contribution in [3.63, 3.8) is 0 Å². The molecule has 0 unspecified atom stereocenters. The number of benzene rings is 2. The van der Waals surface area contributed by atoms with Crippen molar-refractivity contribution >= 4 is 11.9 Å². The molecule has 0 bridgehead atoms. The summed E-state index contributed by atoms with van der Waals surface area (Å²) in [5, 5.41) is 0. The third kappa shape index (κ3) is 3.88. The SMILES string of the molecule is O=C(O[C@H](C(=O)N1CCOCC1)c1ccccc1)c1ccc2c(c1)CCC2. The molecule has 2 aromatic carbocycles. The van der Waals surface area contributed by atoms with Gasteiger partial charge in [-0.25, -0.2) is 4.79 Å². The van der Waals surface area contributed by atoms with Crippen molar-refractivity contribution in [1.82, 2.24) is 4.90 Å². The van der Waals surface area contributed by atoms with E-state index in [1.54, 1.807) is 11.0 Å². The van der Waals surface area contributed by atoms with E-state index in [1.807, 2.05) is 42.5 Å². The standard InChI is InChI=1S/C22H23NO4/c24-21(23-11-13-26-14-12-23)20(17-5-2-1-3-6-17)27-22(25)19-10-9-16-7-4-8-18(16)15-19/h1-3,5-6,9-10,15,20H,4,7-8,11-14H2/t20-/m0/s1. The number of hydrogen-bond donors (Lipinski definition) is 0. The maximum atomic E-state index is 13.0. The Morgan fingerprint density at radius 2 is 1.70 bits per heavy atom. The summed E-state index contributed by atoms with van der Waals surface area (Å²) >= 11 is 0. The second kappa shape index (κ2) is 7.92. The molecule has 1 aliphatic carbocycles. The average molecular weight is 365 g/mol. The normalized spacial score (nSPS) is 17.3. The number of aryl methyl sites for hydroxylation is 2. The van der Waals surface area contributed by atoms with E-state index in [0.29, 0.717) is 37.4 Å². The lowest BCUT2D eigenvalue weighted by Crippen LogP contribution is -2.44. The van der Waals surface area contributed by atoms with Crippen LogP contribution in [-0.4, -0.2) is 43.1 Å². The quantitative estimate of drug-likeness (QED) is 0.782. The van der Waals surface area contributed by atoms with Crippen LogP contribution in [-0.2, 0) is 27.1 Å². The summed E-state index contributed by atoms with van der Waals surface area (Å²) in [6, 6.07) is 14.9. The Labute approximate surface area is 158 Å². The van der Waals surface area contributed by atoms with Gasteiger partial charge in [-0.15, -0.1) is 0 Å². The smallest absolute Gasteiger partial charge is 0.339 e. The van der Waals surface area contributed by atoms with Gasteiger partial charge >= 0.3 is 5.97 Å². The molecule has 1 heterocycles. The molecule has 0 N–H and O–H groups in total. The first-order valence-corrected chi connectivity index (χ1v) is 9.46. The molecular formula is C22H23NO4. The molecule has 1 amide bonds. The fourth-order valence-electron chi connectivity index (χ4n) is 3.71. The van der Waals surface area contributed by atoms with Crippen LogP contribution in [0.3, 0.4) is 0 Å². The molecule has 5 heteroatoms. The van der Waals surface area contributed by atoms with Gasteiger partial charge < -0.3 is 14.4 Å². The maximum Gasteiger partial charge on any atom is 0.339 e. The van der Waals surface area contributed by atoms with Crippen LogP contribution in [0.25, 0.3) is 0 Å².